The molecule has 0 saturated carbocycles. The Bertz CT molecular complexity index is 974. The predicted molar refractivity (Wildman–Crippen MR) is 112 cm³/mol. The molecule has 9 nitrogen and oxygen atoms in total. The van der Waals surface area contributed by atoms with E-state index in [0.29, 0.717) is 37.0 Å². The van der Waals surface area contributed by atoms with Gasteiger partial charge in [0, 0.05) is 50.9 Å². The van der Waals surface area contributed by atoms with Gasteiger partial charge in [-0.1, -0.05) is 6.92 Å². The van der Waals surface area contributed by atoms with E-state index in [2.05, 4.69) is 36.7 Å². The number of nitrogens with zero attached hydrogens (tertiary/aromatic N) is 6. The number of hydrogen-bond donors (Lipinski definition) is 0. The standard InChI is InChI=1S/C21H26N6O3/c1-3-5-19(28)29-13-8-17-22-10-7-18(25-17)26-11-12-27(15(2)14-26)21-24-16-6-4-9-23-20(16)30-21/h4,6-7,9-10,15H,3,5,8,11-14H2,1-2H3/t15-/m0/s1. The van der Waals surface area contributed by atoms with Crippen LogP contribution < -0.4 is 9.80 Å². The SMILES string of the molecule is CCCC(=O)OCCc1nccc(N2CCN(c3nc4cccnc4o3)[C@@H](C)C2)n1. The Morgan fingerprint density at radius 2 is 2.13 bits per heavy atom. The minimum Gasteiger partial charge on any atom is -0.465 e. The van der Waals surface area contributed by atoms with E-state index in [9.17, 15) is 4.79 Å². The lowest BCUT2D eigenvalue weighted by molar-refractivity contribution is -0.143. The topological polar surface area (TPSA) is 97.5 Å². The van der Waals surface area contributed by atoms with Crippen LogP contribution in [0.2, 0.25) is 0 Å². The van der Waals surface area contributed by atoms with E-state index in [1.807, 2.05) is 25.1 Å². The summed E-state index contributed by atoms with van der Waals surface area (Å²) in [4.78, 5) is 33.7. The van der Waals surface area contributed by atoms with Crippen LogP contribution in [-0.4, -0.2) is 58.2 Å². The molecule has 0 amide bonds. The monoisotopic (exact) mass is 410 g/mol. The highest BCUT2D eigenvalue weighted by molar-refractivity contribution is 5.70. The molecule has 1 aliphatic heterocycles. The van der Waals surface area contributed by atoms with Crippen molar-refractivity contribution in [2.45, 2.75) is 39.2 Å². The second-order valence-electron chi connectivity index (χ2n) is 7.36. The summed E-state index contributed by atoms with van der Waals surface area (Å²) in [5.41, 5.74) is 1.32. The maximum absolute atomic E-state index is 11.5. The number of carbonyl (C=O) groups is 1. The summed E-state index contributed by atoms with van der Waals surface area (Å²) in [7, 11) is 0. The molecule has 3 aromatic rings. The summed E-state index contributed by atoms with van der Waals surface area (Å²) in [6.07, 6.45) is 5.20. The average molecular weight is 410 g/mol. The largest absolute Gasteiger partial charge is 0.465 e. The van der Waals surface area contributed by atoms with Gasteiger partial charge in [-0.2, -0.15) is 4.98 Å². The van der Waals surface area contributed by atoms with Crippen molar-refractivity contribution in [3.05, 3.63) is 36.4 Å². The van der Waals surface area contributed by atoms with E-state index >= 15 is 0 Å². The molecule has 1 aliphatic rings. The highest BCUT2D eigenvalue weighted by Crippen LogP contribution is 2.25. The fraction of sp³-hybridized carbons (Fsp3) is 0.476. The molecular weight excluding hydrogens is 384 g/mol. The van der Waals surface area contributed by atoms with Gasteiger partial charge in [0.05, 0.1) is 6.61 Å². The van der Waals surface area contributed by atoms with Crippen LogP contribution in [0.4, 0.5) is 11.8 Å². The van der Waals surface area contributed by atoms with Crippen LogP contribution in [0.5, 0.6) is 0 Å². The average Bonchev–Trinajstić information content (AvgIpc) is 3.18. The molecule has 0 radical (unpaired) electrons. The van der Waals surface area contributed by atoms with Gasteiger partial charge >= 0.3 is 5.97 Å². The first-order valence-electron chi connectivity index (χ1n) is 10.3. The summed E-state index contributed by atoms with van der Waals surface area (Å²) in [6, 6.07) is 6.47. The van der Waals surface area contributed by atoms with Gasteiger partial charge in [0.15, 0.2) is 0 Å². The maximum atomic E-state index is 11.5. The van der Waals surface area contributed by atoms with Crippen LogP contribution in [0.3, 0.4) is 0 Å². The molecule has 1 atom stereocenters. The highest BCUT2D eigenvalue weighted by atomic mass is 16.5. The first kappa shape index (κ1) is 20.1. The smallest absolute Gasteiger partial charge is 0.305 e. The number of ether oxygens (including phenoxy) is 1. The zero-order chi connectivity index (χ0) is 20.9. The van der Waals surface area contributed by atoms with Gasteiger partial charge in [-0.3, -0.25) is 4.79 Å². The van der Waals surface area contributed by atoms with E-state index in [4.69, 9.17) is 9.15 Å². The Morgan fingerprint density at radius 3 is 2.93 bits per heavy atom. The molecule has 9 heteroatoms. The molecule has 0 aromatic carbocycles. The van der Waals surface area contributed by atoms with Gasteiger partial charge in [-0.15, -0.1) is 0 Å². The number of anilines is 2. The number of aromatic nitrogens is 4. The summed E-state index contributed by atoms with van der Waals surface area (Å²) >= 11 is 0. The second-order valence-corrected chi connectivity index (χ2v) is 7.36. The lowest BCUT2D eigenvalue weighted by Crippen LogP contribution is -2.52. The Morgan fingerprint density at radius 1 is 1.23 bits per heavy atom. The number of hydrogen-bond acceptors (Lipinski definition) is 9. The van der Waals surface area contributed by atoms with Crippen molar-refractivity contribution in [2.75, 3.05) is 36.0 Å². The van der Waals surface area contributed by atoms with Gasteiger partial charge in [0.25, 0.3) is 6.01 Å². The van der Waals surface area contributed by atoms with Crippen molar-refractivity contribution < 1.29 is 13.9 Å². The Kier molecular flexibility index (Phi) is 6.06. The molecule has 1 fully saturated rings. The van der Waals surface area contributed by atoms with Crippen molar-refractivity contribution in [3.63, 3.8) is 0 Å². The number of rotatable bonds is 7. The molecule has 1 saturated heterocycles. The molecule has 0 aliphatic carbocycles. The number of carbonyl (C=O) groups excluding carboxylic acids is 1. The molecule has 4 rings (SSSR count). The van der Waals surface area contributed by atoms with E-state index in [-0.39, 0.29) is 12.0 Å². The van der Waals surface area contributed by atoms with Crippen LogP contribution >= 0.6 is 0 Å². The number of esters is 1. The van der Waals surface area contributed by atoms with Crippen molar-refractivity contribution in [1.82, 2.24) is 19.9 Å². The van der Waals surface area contributed by atoms with Gasteiger partial charge in [0.1, 0.15) is 17.2 Å². The van der Waals surface area contributed by atoms with Crippen LogP contribution in [0.1, 0.15) is 32.5 Å². The van der Waals surface area contributed by atoms with Crippen molar-refractivity contribution in [2.24, 2.45) is 0 Å². The fourth-order valence-electron chi connectivity index (χ4n) is 3.55. The summed E-state index contributed by atoms with van der Waals surface area (Å²) < 4.78 is 11.1. The van der Waals surface area contributed by atoms with Crippen LogP contribution in [-0.2, 0) is 16.0 Å². The van der Waals surface area contributed by atoms with Gasteiger partial charge in [-0.25, -0.2) is 15.0 Å². The summed E-state index contributed by atoms with van der Waals surface area (Å²) in [5.74, 6) is 1.38. The molecule has 3 aromatic heterocycles. The van der Waals surface area contributed by atoms with Crippen LogP contribution in [0.15, 0.2) is 35.0 Å². The molecule has 0 bridgehead atoms. The third kappa shape index (κ3) is 4.50. The molecule has 0 spiro atoms. The second kappa shape index (κ2) is 9.06. The predicted octanol–water partition coefficient (Wildman–Crippen LogP) is 2.61. The third-order valence-corrected chi connectivity index (χ3v) is 5.09. The Labute approximate surface area is 175 Å². The van der Waals surface area contributed by atoms with Crippen molar-refractivity contribution in [3.8, 4) is 0 Å². The zero-order valence-electron chi connectivity index (χ0n) is 17.3. The molecule has 0 N–H and O–H groups in total. The third-order valence-electron chi connectivity index (χ3n) is 5.09. The van der Waals surface area contributed by atoms with E-state index in [1.54, 1.807) is 12.4 Å². The van der Waals surface area contributed by atoms with Gasteiger partial charge < -0.3 is 19.0 Å². The summed E-state index contributed by atoms with van der Waals surface area (Å²) in [5, 5.41) is 0. The number of piperazine rings is 1. The molecule has 158 valence electrons. The van der Waals surface area contributed by atoms with Crippen LogP contribution in [0.25, 0.3) is 11.2 Å². The molecule has 4 heterocycles. The van der Waals surface area contributed by atoms with E-state index < -0.39 is 0 Å². The zero-order valence-corrected chi connectivity index (χ0v) is 17.3. The minimum absolute atomic E-state index is 0.173. The van der Waals surface area contributed by atoms with Crippen LogP contribution in [0, 0.1) is 0 Å². The summed E-state index contributed by atoms with van der Waals surface area (Å²) in [6.45, 7) is 6.74. The first-order valence-corrected chi connectivity index (χ1v) is 10.3. The fourth-order valence-corrected chi connectivity index (χ4v) is 3.55. The minimum atomic E-state index is -0.173. The van der Waals surface area contributed by atoms with E-state index in [1.165, 1.54) is 0 Å². The first-order chi connectivity index (χ1) is 14.6. The molecule has 30 heavy (non-hydrogen) atoms. The number of oxazole rings is 1. The Balaban J connectivity index is 1.37. The van der Waals surface area contributed by atoms with Crippen molar-refractivity contribution >= 4 is 29.0 Å². The van der Waals surface area contributed by atoms with E-state index in [0.717, 1.165) is 37.4 Å². The lowest BCUT2D eigenvalue weighted by Gasteiger charge is -2.39. The Hall–Kier alpha value is -3.23. The maximum Gasteiger partial charge on any atom is 0.305 e. The normalized spacial score (nSPS) is 16.8. The quantitative estimate of drug-likeness (QED) is 0.544. The number of pyridine rings is 1. The molecular formula is C21H26N6O3. The lowest BCUT2D eigenvalue weighted by atomic mass is 10.2. The van der Waals surface area contributed by atoms with Gasteiger partial charge in [-0.05, 0) is 31.5 Å². The van der Waals surface area contributed by atoms with Crippen molar-refractivity contribution in [1.29, 1.82) is 0 Å². The molecule has 0 unspecified atom stereocenters. The highest BCUT2D eigenvalue weighted by Gasteiger charge is 2.28. The van der Waals surface area contributed by atoms with Gasteiger partial charge in [0.2, 0.25) is 5.71 Å². The number of fused-ring (bicyclic) bond motifs is 1.